The van der Waals surface area contributed by atoms with Crippen LogP contribution in [0.3, 0.4) is 0 Å². The van der Waals surface area contributed by atoms with Gasteiger partial charge in [-0.05, 0) is 48.9 Å². The van der Waals surface area contributed by atoms with E-state index in [-0.39, 0.29) is 30.8 Å². The third-order valence-electron chi connectivity index (χ3n) is 4.03. The summed E-state index contributed by atoms with van der Waals surface area (Å²) in [4.78, 5) is 24.1. The summed E-state index contributed by atoms with van der Waals surface area (Å²) in [5.41, 5.74) is 1.39. The zero-order chi connectivity index (χ0) is 19.8. The molecule has 0 aromatic heterocycles. The molecule has 0 radical (unpaired) electrons. The minimum Gasteiger partial charge on any atom is -0.493 e. The molecule has 2 aromatic rings. The van der Waals surface area contributed by atoms with E-state index in [1.54, 1.807) is 44.6 Å². The Bertz CT molecular complexity index is 793. The summed E-state index contributed by atoms with van der Waals surface area (Å²) >= 11 is 5.80. The molecule has 0 saturated heterocycles. The lowest BCUT2D eigenvalue weighted by Gasteiger charge is -2.16. The molecule has 2 N–H and O–H groups in total. The van der Waals surface area contributed by atoms with Gasteiger partial charge in [0, 0.05) is 23.6 Å². The van der Waals surface area contributed by atoms with Gasteiger partial charge in [0.15, 0.2) is 11.5 Å². The van der Waals surface area contributed by atoms with Crippen LogP contribution in [0.25, 0.3) is 0 Å². The second-order valence-electron chi connectivity index (χ2n) is 5.92. The smallest absolute Gasteiger partial charge is 0.251 e. The van der Waals surface area contributed by atoms with E-state index < -0.39 is 0 Å². The number of carbonyl (C=O) groups is 2. The van der Waals surface area contributed by atoms with Gasteiger partial charge in [0.25, 0.3) is 5.91 Å². The molecule has 2 amide bonds. The van der Waals surface area contributed by atoms with Crippen molar-refractivity contribution in [3.8, 4) is 11.5 Å². The average Bonchev–Trinajstić information content (AvgIpc) is 2.67. The van der Waals surface area contributed by atoms with E-state index in [0.29, 0.717) is 22.1 Å². The van der Waals surface area contributed by atoms with Crippen LogP contribution in [0.15, 0.2) is 42.5 Å². The Morgan fingerprint density at radius 2 is 1.70 bits per heavy atom. The number of benzene rings is 2. The number of carbonyl (C=O) groups excluding carboxylic acids is 2. The second-order valence-corrected chi connectivity index (χ2v) is 6.35. The average molecular weight is 391 g/mol. The van der Waals surface area contributed by atoms with E-state index in [4.69, 9.17) is 21.1 Å². The van der Waals surface area contributed by atoms with Crippen molar-refractivity contribution in [2.75, 3.05) is 20.8 Å². The van der Waals surface area contributed by atoms with Gasteiger partial charge in [-0.15, -0.1) is 0 Å². The molecule has 1 unspecified atom stereocenters. The molecule has 0 aliphatic rings. The van der Waals surface area contributed by atoms with Crippen LogP contribution in [0.4, 0.5) is 0 Å². The van der Waals surface area contributed by atoms with Crippen molar-refractivity contribution in [1.29, 1.82) is 0 Å². The molecule has 0 bridgehead atoms. The van der Waals surface area contributed by atoms with E-state index in [1.807, 2.05) is 19.1 Å². The topological polar surface area (TPSA) is 76.7 Å². The monoisotopic (exact) mass is 390 g/mol. The molecule has 144 valence electrons. The van der Waals surface area contributed by atoms with Crippen LogP contribution in [0.2, 0.25) is 5.02 Å². The van der Waals surface area contributed by atoms with Crippen LogP contribution in [0, 0.1) is 0 Å². The fourth-order valence-corrected chi connectivity index (χ4v) is 2.64. The number of amides is 2. The molecule has 7 heteroatoms. The molecule has 27 heavy (non-hydrogen) atoms. The second kappa shape index (κ2) is 9.83. The highest BCUT2D eigenvalue weighted by Gasteiger charge is 2.13. The number of hydrogen-bond donors (Lipinski definition) is 2. The van der Waals surface area contributed by atoms with Crippen molar-refractivity contribution in [3.63, 3.8) is 0 Å². The molecule has 0 saturated carbocycles. The summed E-state index contributed by atoms with van der Waals surface area (Å²) in [6.07, 6.45) is 0.178. The highest BCUT2D eigenvalue weighted by atomic mass is 35.5. The summed E-state index contributed by atoms with van der Waals surface area (Å²) in [6, 6.07) is 11.9. The molecule has 0 fully saturated rings. The predicted octanol–water partition coefficient (Wildman–Crippen LogP) is 3.35. The van der Waals surface area contributed by atoms with E-state index in [0.717, 1.165) is 5.56 Å². The first kappa shape index (κ1) is 20.6. The summed E-state index contributed by atoms with van der Waals surface area (Å²) in [5, 5.41) is 6.18. The van der Waals surface area contributed by atoms with Crippen LogP contribution in [-0.2, 0) is 4.79 Å². The molecular formula is C20H23ClN2O4. The number of ether oxygens (including phenoxy) is 2. The summed E-state index contributed by atoms with van der Waals surface area (Å²) in [7, 11) is 3.13. The molecule has 0 aliphatic heterocycles. The van der Waals surface area contributed by atoms with Crippen molar-refractivity contribution in [3.05, 3.63) is 58.6 Å². The normalized spacial score (nSPS) is 11.4. The van der Waals surface area contributed by atoms with Gasteiger partial charge >= 0.3 is 0 Å². The molecule has 0 heterocycles. The van der Waals surface area contributed by atoms with E-state index in [1.165, 1.54) is 0 Å². The third-order valence-corrected chi connectivity index (χ3v) is 4.28. The first-order chi connectivity index (χ1) is 12.9. The lowest BCUT2D eigenvalue weighted by molar-refractivity contribution is -0.121. The first-order valence-corrected chi connectivity index (χ1v) is 8.87. The van der Waals surface area contributed by atoms with Crippen molar-refractivity contribution in [2.45, 2.75) is 19.4 Å². The van der Waals surface area contributed by atoms with Crippen LogP contribution in [-0.4, -0.2) is 32.6 Å². The van der Waals surface area contributed by atoms with Gasteiger partial charge in [0.1, 0.15) is 0 Å². The van der Waals surface area contributed by atoms with Crippen LogP contribution >= 0.6 is 11.6 Å². The lowest BCUT2D eigenvalue weighted by Crippen LogP contribution is -2.32. The van der Waals surface area contributed by atoms with Gasteiger partial charge < -0.3 is 20.1 Å². The van der Waals surface area contributed by atoms with Crippen molar-refractivity contribution >= 4 is 23.4 Å². The molecule has 0 aliphatic carbocycles. The fraction of sp³-hybridized carbons (Fsp3) is 0.300. The Morgan fingerprint density at radius 1 is 1.04 bits per heavy atom. The zero-order valence-corrected chi connectivity index (χ0v) is 16.3. The van der Waals surface area contributed by atoms with Gasteiger partial charge in [-0.2, -0.15) is 0 Å². The maximum absolute atomic E-state index is 12.1. The van der Waals surface area contributed by atoms with E-state index in [2.05, 4.69) is 10.6 Å². The fourth-order valence-electron chi connectivity index (χ4n) is 2.51. The van der Waals surface area contributed by atoms with Gasteiger partial charge in [-0.25, -0.2) is 0 Å². The molecular weight excluding hydrogens is 368 g/mol. The first-order valence-electron chi connectivity index (χ1n) is 8.49. The standard InChI is InChI=1S/C20H23ClN2O4/c1-13(15-6-9-17(26-2)18(12-15)27-3)23-19(24)10-11-22-20(25)14-4-7-16(21)8-5-14/h4-9,12-13H,10-11H2,1-3H3,(H,22,25)(H,23,24). The van der Waals surface area contributed by atoms with Crippen LogP contribution < -0.4 is 20.1 Å². The Hall–Kier alpha value is -2.73. The zero-order valence-electron chi connectivity index (χ0n) is 15.5. The van der Waals surface area contributed by atoms with Gasteiger partial charge in [0.2, 0.25) is 5.91 Å². The number of halogens is 1. The van der Waals surface area contributed by atoms with Crippen molar-refractivity contribution in [1.82, 2.24) is 10.6 Å². The largest absolute Gasteiger partial charge is 0.493 e. The SMILES string of the molecule is COc1ccc(C(C)NC(=O)CCNC(=O)c2ccc(Cl)cc2)cc1OC. The van der Waals surface area contributed by atoms with Gasteiger partial charge in [-0.1, -0.05) is 17.7 Å². The van der Waals surface area contributed by atoms with Crippen LogP contribution in [0.1, 0.15) is 35.3 Å². The Kier molecular flexibility index (Phi) is 7.49. The minimum absolute atomic E-state index is 0.159. The third kappa shape index (κ3) is 5.89. The Morgan fingerprint density at radius 3 is 2.33 bits per heavy atom. The number of nitrogens with one attached hydrogen (secondary N) is 2. The highest BCUT2D eigenvalue weighted by Crippen LogP contribution is 2.29. The molecule has 1 atom stereocenters. The molecule has 2 rings (SSSR count). The molecule has 6 nitrogen and oxygen atoms in total. The number of hydrogen-bond acceptors (Lipinski definition) is 4. The summed E-state index contributed by atoms with van der Waals surface area (Å²) in [6.45, 7) is 2.12. The van der Waals surface area contributed by atoms with E-state index in [9.17, 15) is 9.59 Å². The highest BCUT2D eigenvalue weighted by molar-refractivity contribution is 6.30. The van der Waals surface area contributed by atoms with Gasteiger partial charge in [0.05, 0.1) is 20.3 Å². The Labute approximate surface area is 163 Å². The quantitative estimate of drug-likeness (QED) is 0.724. The maximum Gasteiger partial charge on any atom is 0.251 e. The number of rotatable bonds is 8. The summed E-state index contributed by atoms with van der Waals surface area (Å²) in [5.74, 6) is 0.831. The lowest BCUT2D eigenvalue weighted by atomic mass is 10.1. The summed E-state index contributed by atoms with van der Waals surface area (Å²) < 4.78 is 10.5. The Balaban J connectivity index is 1.83. The molecule has 2 aromatic carbocycles. The maximum atomic E-state index is 12.1. The molecule has 0 spiro atoms. The van der Waals surface area contributed by atoms with Crippen molar-refractivity contribution in [2.24, 2.45) is 0 Å². The van der Waals surface area contributed by atoms with E-state index >= 15 is 0 Å². The van der Waals surface area contributed by atoms with Gasteiger partial charge in [-0.3, -0.25) is 9.59 Å². The number of methoxy groups -OCH3 is 2. The minimum atomic E-state index is -0.243. The van der Waals surface area contributed by atoms with Crippen LogP contribution in [0.5, 0.6) is 11.5 Å². The van der Waals surface area contributed by atoms with Crippen molar-refractivity contribution < 1.29 is 19.1 Å². The predicted molar refractivity (Wildman–Crippen MR) is 105 cm³/mol.